The Morgan fingerprint density at radius 3 is 1.84 bits per heavy atom. The monoisotopic (exact) mass is 254 g/mol. The van der Waals surface area contributed by atoms with Crippen LogP contribution in [0.25, 0.3) is 11.1 Å². The fraction of sp³-hybridized carbons (Fsp3) is 0.333. The molecule has 0 heterocycles. The van der Waals surface area contributed by atoms with Gasteiger partial charge in [0, 0.05) is 0 Å². The van der Waals surface area contributed by atoms with Gasteiger partial charge in [0.15, 0.2) is 0 Å². The molecule has 0 saturated heterocycles. The number of rotatable bonds is 1. The van der Waals surface area contributed by atoms with Crippen LogP contribution < -0.4 is 0 Å². The molecule has 100 valence electrons. The van der Waals surface area contributed by atoms with Gasteiger partial charge in [-0.2, -0.15) is 0 Å². The molecule has 2 aromatic carbocycles. The summed E-state index contributed by atoms with van der Waals surface area (Å²) < 4.78 is 0. The van der Waals surface area contributed by atoms with Crippen molar-refractivity contribution in [3.05, 3.63) is 51.6 Å². The molecule has 0 atom stereocenters. The van der Waals surface area contributed by atoms with E-state index in [9.17, 15) is 5.11 Å². The largest absolute Gasteiger partial charge is 0.507 e. The first kappa shape index (κ1) is 13.7. The topological polar surface area (TPSA) is 20.2 Å². The Morgan fingerprint density at radius 2 is 1.21 bits per heavy atom. The maximum atomic E-state index is 10.0. The number of benzene rings is 2. The molecule has 0 saturated carbocycles. The molecule has 0 aliphatic carbocycles. The standard InChI is InChI=1S/C18H22O/c1-10-7-11(2)13(4)16(8-10)17-9-12(3)18(19)15(6)14(17)5/h7-9,19H,1-6H3. The molecule has 19 heavy (non-hydrogen) atoms. The molecule has 1 nitrogen and oxygen atoms in total. The molecule has 0 spiro atoms. The van der Waals surface area contributed by atoms with E-state index < -0.39 is 0 Å². The van der Waals surface area contributed by atoms with Crippen LogP contribution in [-0.2, 0) is 0 Å². The molecule has 0 aromatic heterocycles. The third-order valence-corrected chi connectivity index (χ3v) is 4.16. The van der Waals surface area contributed by atoms with Gasteiger partial charge < -0.3 is 5.11 Å². The summed E-state index contributed by atoms with van der Waals surface area (Å²) in [6.45, 7) is 12.5. The van der Waals surface area contributed by atoms with Crippen LogP contribution in [0.5, 0.6) is 5.75 Å². The van der Waals surface area contributed by atoms with Crippen LogP contribution >= 0.6 is 0 Å². The Morgan fingerprint density at radius 1 is 0.632 bits per heavy atom. The molecule has 0 fully saturated rings. The van der Waals surface area contributed by atoms with Crippen LogP contribution in [0.3, 0.4) is 0 Å². The number of aromatic hydroxyl groups is 1. The maximum absolute atomic E-state index is 10.0. The van der Waals surface area contributed by atoms with Gasteiger partial charge in [0.25, 0.3) is 0 Å². The third kappa shape index (κ3) is 2.25. The van der Waals surface area contributed by atoms with Gasteiger partial charge in [-0.1, -0.05) is 17.7 Å². The Hall–Kier alpha value is -1.76. The minimum atomic E-state index is 0.420. The van der Waals surface area contributed by atoms with Crippen molar-refractivity contribution in [2.24, 2.45) is 0 Å². The normalized spacial score (nSPS) is 10.8. The minimum absolute atomic E-state index is 0.420. The van der Waals surface area contributed by atoms with Crippen molar-refractivity contribution < 1.29 is 5.11 Å². The summed E-state index contributed by atoms with van der Waals surface area (Å²) in [5, 5.41) is 10.0. The molecule has 0 bridgehead atoms. The zero-order valence-electron chi connectivity index (χ0n) is 12.7. The molecule has 2 rings (SSSR count). The van der Waals surface area contributed by atoms with Crippen molar-refractivity contribution in [1.82, 2.24) is 0 Å². The number of hydrogen-bond acceptors (Lipinski definition) is 1. The van der Waals surface area contributed by atoms with Gasteiger partial charge >= 0.3 is 0 Å². The molecular weight excluding hydrogens is 232 g/mol. The summed E-state index contributed by atoms with van der Waals surface area (Å²) >= 11 is 0. The lowest BCUT2D eigenvalue weighted by Gasteiger charge is -2.17. The predicted molar refractivity (Wildman–Crippen MR) is 82.0 cm³/mol. The van der Waals surface area contributed by atoms with Crippen molar-refractivity contribution in [3.63, 3.8) is 0 Å². The second-order valence-electron chi connectivity index (χ2n) is 5.59. The van der Waals surface area contributed by atoms with E-state index in [-0.39, 0.29) is 0 Å². The highest BCUT2D eigenvalue weighted by molar-refractivity contribution is 5.75. The van der Waals surface area contributed by atoms with Crippen molar-refractivity contribution in [1.29, 1.82) is 0 Å². The average molecular weight is 254 g/mol. The van der Waals surface area contributed by atoms with Crippen molar-refractivity contribution in [3.8, 4) is 16.9 Å². The van der Waals surface area contributed by atoms with Gasteiger partial charge in [-0.3, -0.25) is 0 Å². The van der Waals surface area contributed by atoms with Gasteiger partial charge in [-0.25, -0.2) is 0 Å². The van der Waals surface area contributed by atoms with Crippen molar-refractivity contribution >= 4 is 0 Å². The summed E-state index contributed by atoms with van der Waals surface area (Å²) in [5.74, 6) is 0.420. The van der Waals surface area contributed by atoms with E-state index in [0.29, 0.717) is 5.75 Å². The predicted octanol–water partition coefficient (Wildman–Crippen LogP) is 4.91. The number of phenolic OH excluding ortho intramolecular Hbond substituents is 1. The lowest BCUT2D eigenvalue weighted by molar-refractivity contribution is 0.466. The SMILES string of the molecule is Cc1cc(C)c(C)c(-c2cc(C)c(O)c(C)c2C)c1. The average Bonchev–Trinajstić information content (AvgIpc) is 2.36. The summed E-state index contributed by atoms with van der Waals surface area (Å²) in [6, 6.07) is 6.55. The highest BCUT2D eigenvalue weighted by atomic mass is 16.3. The summed E-state index contributed by atoms with van der Waals surface area (Å²) in [4.78, 5) is 0. The Bertz CT molecular complexity index is 651. The quantitative estimate of drug-likeness (QED) is 0.766. The highest BCUT2D eigenvalue weighted by Gasteiger charge is 2.13. The van der Waals surface area contributed by atoms with Crippen LogP contribution in [-0.4, -0.2) is 5.11 Å². The van der Waals surface area contributed by atoms with Crippen molar-refractivity contribution in [2.45, 2.75) is 41.5 Å². The number of phenols is 1. The Balaban J connectivity index is 2.80. The fourth-order valence-corrected chi connectivity index (χ4v) is 2.67. The molecule has 0 unspecified atom stereocenters. The van der Waals surface area contributed by atoms with E-state index in [1.807, 2.05) is 13.8 Å². The van der Waals surface area contributed by atoms with E-state index in [4.69, 9.17) is 0 Å². The molecular formula is C18H22O. The summed E-state index contributed by atoms with van der Waals surface area (Å²) in [7, 11) is 0. The van der Waals surface area contributed by atoms with Crippen LogP contribution in [0.15, 0.2) is 18.2 Å². The van der Waals surface area contributed by atoms with Gasteiger partial charge in [-0.05, 0) is 86.6 Å². The van der Waals surface area contributed by atoms with Gasteiger partial charge in [0.05, 0.1) is 0 Å². The third-order valence-electron chi connectivity index (χ3n) is 4.16. The molecule has 0 aliphatic rings. The maximum Gasteiger partial charge on any atom is 0.121 e. The first-order valence-corrected chi connectivity index (χ1v) is 6.71. The van der Waals surface area contributed by atoms with Crippen LogP contribution in [0.1, 0.15) is 33.4 Å². The van der Waals surface area contributed by atoms with E-state index >= 15 is 0 Å². The number of hydrogen-bond donors (Lipinski definition) is 1. The summed E-state index contributed by atoms with van der Waals surface area (Å²) in [5.41, 5.74) is 9.51. The molecule has 0 radical (unpaired) electrons. The zero-order chi connectivity index (χ0) is 14.3. The van der Waals surface area contributed by atoms with E-state index in [0.717, 1.165) is 16.7 Å². The van der Waals surface area contributed by atoms with Gasteiger partial charge in [-0.15, -0.1) is 0 Å². The number of aryl methyl sites for hydroxylation is 3. The van der Waals surface area contributed by atoms with Crippen LogP contribution in [0, 0.1) is 41.5 Å². The molecule has 1 heteroatoms. The molecule has 0 amide bonds. The second-order valence-corrected chi connectivity index (χ2v) is 5.59. The summed E-state index contributed by atoms with van der Waals surface area (Å²) in [6.07, 6.45) is 0. The fourth-order valence-electron chi connectivity index (χ4n) is 2.67. The van der Waals surface area contributed by atoms with Crippen molar-refractivity contribution in [2.75, 3.05) is 0 Å². The lowest BCUT2D eigenvalue weighted by atomic mass is 9.89. The van der Waals surface area contributed by atoms with Crippen LogP contribution in [0.4, 0.5) is 0 Å². The highest BCUT2D eigenvalue weighted by Crippen LogP contribution is 2.36. The molecule has 2 aromatic rings. The second kappa shape index (κ2) is 4.73. The van der Waals surface area contributed by atoms with E-state index in [1.54, 1.807) is 0 Å². The smallest absolute Gasteiger partial charge is 0.121 e. The van der Waals surface area contributed by atoms with Gasteiger partial charge in [0.2, 0.25) is 0 Å². The Kier molecular flexibility index (Phi) is 3.40. The first-order valence-electron chi connectivity index (χ1n) is 6.71. The Labute approximate surface area is 115 Å². The molecule has 0 aliphatic heterocycles. The lowest BCUT2D eigenvalue weighted by Crippen LogP contribution is -1.95. The van der Waals surface area contributed by atoms with Crippen LogP contribution in [0.2, 0.25) is 0 Å². The van der Waals surface area contributed by atoms with Gasteiger partial charge in [0.1, 0.15) is 5.75 Å². The molecule has 1 N–H and O–H groups in total. The minimum Gasteiger partial charge on any atom is -0.507 e. The van der Waals surface area contributed by atoms with E-state index in [2.05, 4.69) is 45.9 Å². The van der Waals surface area contributed by atoms with E-state index in [1.165, 1.54) is 27.8 Å². The zero-order valence-corrected chi connectivity index (χ0v) is 12.7. The first-order chi connectivity index (χ1) is 8.82.